The first-order valence-corrected chi connectivity index (χ1v) is 6.25. The number of amides is 2. The number of nitrogens with one attached hydrogen (secondary N) is 2. The summed E-state index contributed by atoms with van der Waals surface area (Å²) >= 11 is 0. The fourth-order valence-corrected chi connectivity index (χ4v) is 2.23. The van der Waals surface area contributed by atoms with Gasteiger partial charge in [0.2, 0.25) is 17.8 Å². The van der Waals surface area contributed by atoms with E-state index in [9.17, 15) is 9.59 Å². The van der Waals surface area contributed by atoms with E-state index in [-0.39, 0.29) is 24.2 Å². The molecular weight excluding hydrogens is 258 g/mol. The Labute approximate surface area is 115 Å². The normalized spacial score (nSPS) is 18.3. The maximum Gasteiger partial charge on any atom is 0.232 e. The Morgan fingerprint density at radius 2 is 2.15 bits per heavy atom. The van der Waals surface area contributed by atoms with Crippen molar-refractivity contribution in [3.8, 4) is 0 Å². The smallest absolute Gasteiger partial charge is 0.232 e. The topological polar surface area (TPSA) is 91.0 Å². The van der Waals surface area contributed by atoms with E-state index in [4.69, 9.17) is 0 Å². The first-order valence-electron chi connectivity index (χ1n) is 6.25. The van der Waals surface area contributed by atoms with Gasteiger partial charge in [0.05, 0.1) is 5.92 Å². The number of carbonyl (C=O) groups excluding carboxylic acids is 2. The largest absolute Gasteiger partial charge is 0.312 e. The lowest BCUT2D eigenvalue weighted by atomic mass is 10.1. The quantitative estimate of drug-likeness (QED) is 0.863. The number of aromatic nitrogens is 3. The van der Waals surface area contributed by atoms with Crippen LogP contribution < -0.4 is 10.2 Å². The summed E-state index contributed by atoms with van der Waals surface area (Å²) in [6.07, 6.45) is 1.51. The SMILES string of the molecule is O=C(Nc1ncn[nH]1)[C@H]1CC(=O)N(c2ccccc2)C1. The summed E-state index contributed by atoms with van der Waals surface area (Å²) in [5.41, 5.74) is 0.812. The van der Waals surface area contributed by atoms with E-state index < -0.39 is 0 Å². The number of benzene rings is 1. The first kappa shape index (κ1) is 12.3. The zero-order valence-electron chi connectivity index (χ0n) is 10.6. The molecule has 0 bridgehead atoms. The average molecular weight is 271 g/mol. The highest BCUT2D eigenvalue weighted by Crippen LogP contribution is 2.25. The fourth-order valence-electron chi connectivity index (χ4n) is 2.23. The van der Waals surface area contributed by atoms with E-state index in [2.05, 4.69) is 20.5 Å². The first-order chi connectivity index (χ1) is 9.74. The van der Waals surface area contributed by atoms with Gasteiger partial charge in [0.1, 0.15) is 6.33 Å². The van der Waals surface area contributed by atoms with Gasteiger partial charge in [0.25, 0.3) is 0 Å². The molecule has 0 unspecified atom stereocenters. The Kier molecular flexibility index (Phi) is 3.16. The molecule has 2 N–H and O–H groups in total. The van der Waals surface area contributed by atoms with E-state index >= 15 is 0 Å². The van der Waals surface area contributed by atoms with Gasteiger partial charge in [-0.15, -0.1) is 0 Å². The van der Waals surface area contributed by atoms with E-state index in [0.717, 1.165) is 5.69 Å². The average Bonchev–Trinajstić information content (AvgIpc) is 3.09. The van der Waals surface area contributed by atoms with E-state index in [0.29, 0.717) is 12.5 Å². The molecule has 0 saturated carbocycles. The third-order valence-electron chi connectivity index (χ3n) is 3.22. The predicted molar refractivity (Wildman–Crippen MR) is 71.9 cm³/mol. The van der Waals surface area contributed by atoms with Crippen LogP contribution in [0.1, 0.15) is 6.42 Å². The van der Waals surface area contributed by atoms with Gasteiger partial charge in [-0.2, -0.15) is 10.1 Å². The predicted octanol–water partition coefficient (Wildman–Crippen LogP) is 0.796. The second-order valence-electron chi connectivity index (χ2n) is 4.56. The minimum absolute atomic E-state index is 0.0473. The minimum Gasteiger partial charge on any atom is -0.312 e. The molecule has 2 heterocycles. The van der Waals surface area contributed by atoms with Crippen molar-refractivity contribution in [2.24, 2.45) is 5.92 Å². The molecule has 1 atom stereocenters. The molecule has 0 spiro atoms. The summed E-state index contributed by atoms with van der Waals surface area (Å²) in [6.45, 7) is 0.378. The fraction of sp³-hybridized carbons (Fsp3) is 0.231. The molecule has 1 aliphatic rings. The van der Waals surface area contributed by atoms with Gasteiger partial charge < -0.3 is 4.90 Å². The molecule has 1 aromatic heterocycles. The van der Waals surface area contributed by atoms with Crippen LogP contribution in [0.25, 0.3) is 0 Å². The van der Waals surface area contributed by atoms with Crippen LogP contribution in [0.5, 0.6) is 0 Å². The molecule has 7 nitrogen and oxygen atoms in total. The van der Waals surface area contributed by atoms with Crippen molar-refractivity contribution in [2.75, 3.05) is 16.8 Å². The van der Waals surface area contributed by atoms with Crippen LogP contribution in [0.3, 0.4) is 0 Å². The summed E-state index contributed by atoms with van der Waals surface area (Å²) < 4.78 is 0. The van der Waals surface area contributed by atoms with E-state index in [1.165, 1.54) is 6.33 Å². The Morgan fingerprint density at radius 1 is 1.35 bits per heavy atom. The van der Waals surface area contributed by atoms with Crippen molar-refractivity contribution in [1.29, 1.82) is 0 Å². The van der Waals surface area contributed by atoms with Crippen molar-refractivity contribution in [2.45, 2.75) is 6.42 Å². The highest BCUT2D eigenvalue weighted by molar-refractivity contribution is 6.03. The molecule has 0 aliphatic carbocycles. The van der Waals surface area contributed by atoms with Crippen LogP contribution in [-0.2, 0) is 9.59 Å². The lowest BCUT2D eigenvalue weighted by Crippen LogP contribution is -2.28. The Hall–Kier alpha value is -2.70. The van der Waals surface area contributed by atoms with Crippen LogP contribution in [0.2, 0.25) is 0 Å². The number of aromatic amines is 1. The number of H-pyrrole nitrogens is 1. The van der Waals surface area contributed by atoms with Crippen molar-refractivity contribution in [3.05, 3.63) is 36.7 Å². The third kappa shape index (κ3) is 2.37. The Balaban J connectivity index is 1.69. The second-order valence-corrected chi connectivity index (χ2v) is 4.56. The lowest BCUT2D eigenvalue weighted by molar-refractivity contribution is -0.122. The number of hydrogen-bond donors (Lipinski definition) is 2. The Bertz CT molecular complexity index is 611. The van der Waals surface area contributed by atoms with Gasteiger partial charge >= 0.3 is 0 Å². The van der Waals surface area contributed by atoms with Crippen LogP contribution in [0, 0.1) is 5.92 Å². The summed E-state index contributed by atoms with van der Waals surface area (Å²) in [5.74, 6) is -0.365. The van der Waals surface area contributed by atoms with Gasteiger partial charge in [-0.1, -0.05) is 18.2 Å². The number of carbonyl (C=O) groups is 2. The molecule has 0 radical (unpaired) electrons. The molecule has 2 aromatic rings. The molecule has 1 fully saturated rings. The number of nitrogens with zero attached hydrogens (tertiary/aromatic N) is 3. The maximum absolute atomic E-state index is 12.1. The monoisotopic (exact) mass is 271 g/mol. The highest BCUT2D eigenvalue weighted by atomic mass is 16.2. The Morgan fingerprint density at radius 3 is 2.85 bits per heavy atom. The zero-order chi connectivity index (χ0) is 13.9. The van der Waals surface area contributed by atoms with Crippen LogP contribution in [0.15, 0.2) is 36.7 Å². The van der Waals surface area contributed by atoms with Gasteiger partial charge in [-0.05, 0) is 12.1 Å². The zero-order valence-corrected chi connectivity index (χ0v) is 10.6. The van der Waals surface area contributed by atoms with Gasteiger partial charge in [-0.25, -0.2) is 5.10 Å². The molecule has 1 saturated heterocycles. The minimum atomic E-state index is -0.382. The van der Waals surface area contributed by atoms with Crippen LogP contribution >= 0.6 is 0 Å². The summed E-state index contributed by atoms with van der Waals surface area (Å²) in [5, 5.41) is 8.81. The van der Waals surface area contributed by atoms with Crippen molar-refractivity contribution < 1.29 is 9.59 Å². The molecule has 1 aliphatic heterocycles. The summed E-state index contributed by atoms with van der Waals surface area (Å²) in [6, 6.07) is 9.33. The van der Waals surface area contributed by atoms with E-state index in [1.807, 2.05) is 30.3 Å². The number of anilines is 2. The molecule has 102 valence electrons. The highest BCUT2D eigenvalue weighted by Gasteiger charge is 2.35. The number of para-hydroxylation sites is 1. The number of hydrogen-bond acceptors (Lipinski definition) is 4. The third-order valence-corrected chi connectivity index (χ3v) is 3.22. The van der Waals surface area contributed by atoms with Crippen molar-refractivity contribution in [1.82, 2.24) is 15.2 Å². The molecule has 3 rings (SSSR count). The molecule has 2 amide bonds. The van der Waals surface area contributed by atoms with Gasteiger partial charge in [0.15, 0.2) is 0 Å². The summed E-state index contributed by atoms with van der Waals surface area (Å²) in [7, 11) is 0. The molecular formula is C13H13N5O2. The number of rotatable bonds is 3. The van der Waals surface area contributed by atoms with Gasteiger partial charge in [0, 0.05) is 18.7 Å². The maximum atomic E-state index is 12.1. The molecule has 1 aromatic carbocycles. The van der Waals surface area contributed by atoms with E-state index in [1.54, 1.807) is 4.90 Å². The van der Waals surface area contributed by atoms with Gasteiger partial charge in [-0.3, -0.25) is 14.9 Å². The van der Waals surface area contributed by atoms with Crippen LogP contribution in [0.4, 0.5) is 11.6 Å². The molecule has 20 heavy (non-hydrogen) atoms. The standard InChI is InChI=1S/C13H13N5O2/c19-11-6-9(12(20)16-13-14-8-15-17-13)7-18(11)10-4-2-1-3-5-10/h1-5,8-9H,6-7H2,(H2,14,15,16,17,20)/t9-/m0/s1. The van der Waals surface area contributed by atoms with Crippen LogP contribution in [-0.4, -0.2) is 33.5 Å². The summed E-state index contributed by atoms with van der Waals surface area (Å²) in [4.78, 5) is 29.5. The van der Waals surface area contributed by atoms with Crippen molar-refractivity contribution >= 4 is 23.5 Å². The second kappa shape index (κ2) is 5.12. The van der Waals surface area contributed by atoms with Crippen molar-refractivity contribution in [3.63, 3.8) is 0 Å². The molecule has 7 heteroatoms. The lowest BCUT2D eigenvalue weighted by Gasteiger charge is -2.16.